The van der Waals surface area contributed by atoms with Gasteiger partial charge < -0.3 is 10.4 Å². The van der Waals surface area contributed by atoms with Crippen LogP contribution in [0.5, 0.6) is 0 Å². The zero-order valence-electron chi connectivity index (χ0n) is 9.88. The molecule has 0 aromatic rings. The lowest BCUT2D eigenvalue weighted by atomic mass is 10.0. The van der Waals surface area contributed by atoms with Gasteiger partial charge in [0.2, 0.25) is 0 Å². The molecule has 0 amide bonds. The van der Waals surface area contributed by atoms with Crippen molar-refractivity contribution in [2.75, 3.05) is 19.6 Å². The molecule has 1 aliphatic rings. The summed E-state index contributed by atoms with van der Waals surface area (Å²) >= 11 is 0. The van der Waals surface area contributed by atoms with Gasteiger partial charge >= 0.3 is 0 Å². The highest BCUT2D eigenvalue weighted by molar-refractivity contribution is 4.84. The summed E-state index contributed by atoms with van der Waals surface area (Å²) in [5.74, 6) is 0. The lowest BCUT2D eigenvalue weighted by molar-refractivity contribution is 0.0432. The summed E-state index contributed by atoms with van der Waals surface area (Å²) in [5.41, 5.74) is -0.534. The second kappa shape index (κ2) is 4.60. The third-order valence-electron chi connectivity index (χ3n) is 3.18. The van der Waals surface area contributed by atoms with Crippen LogP contribution in [0.25, 0.3) is 0 Å². The molecule has 1 rings (SSSR count). The number of hydrogen-bond donors (Lipinski definition) is 2. The molecule has 1 fully saturated rings. The largest absolute Gasteiger partial charge is 0.390 e. The summed E-state index contributed by atoms with van der Waals surface area (Å²) in [6, 6.07) is 1.14. The first-order chi connectivity index (χ1) is 6.40. The maximum atomic E-state index is 9.66. The lowest BCUT2D eigenvalue weighted by Gasteiger charge is -2.39. The van der Waals surface area contributed by atoms with Crippen LogP contribution in [0, 0.1) is 0 Å². The Labute approximate surface area is 87.5 Å². The van der Waals surface area contributed by atoms with E-state index in [0.29, 0.717) is 12.1 Å². The summed E-state index contributed by atoms with van der Waals surface area (Å²) in [4.78, 5) is 2.46. The number of rotatable bonds is 3. The van der Waals surface area contributed by atoms with E-state index in [1.54, 1.807) is 0 Å². The van der Waals surface area contributed by atoms with Crippen LogP contribution in [0.3, 0.4) is 0 Å². The van der Waals surface area contributed by atoms with Crippen molar-refractivity contribution in [3.8, 4) is 0 Å². The van der Waals surface area contributed by atoms with Crippen LogP contribution >= 0.6 is 0 Å². The Bertz CT molecular complexity index is 177. The molecule has 2 atom stereocenters. The highest BCUT2D eigenvalue weighted by Crippen LogP contribution is 2.13. The molecule has 3 heteroatoms. The van der Waals surface area contributed by atoms with Crippen LogP contribution in [0.2, 0.25) is 0 Å². The molecule has 0 spiro atoms. The van der Waals surface area contributed by atoms with Gasteiger partial charge in [0, 0.05) is 31.7 Å². The normalized spacial score (nSPS) is 30.6. The average molecular weight is 200 g/mol. The number of hydrogen-bond acceptors (Lipinski definition) is 3. The summed E-state index contributed by atoms with van der Waals surface area (Å²) in [6.07, 6.45) is 0.851. The Morgan fingerprint density at radius 2 is 2.07 bits per heavy atom. The molecule has 1 aliphatic heterocycles. The maximum absolute atomic E-state index is 9.66. The Hall–Kier alpha value is -0.120. The Morgan fingerprint density at radius 1 is 1.43 bits per heavy atom. The van der Waals surface area contributed by atoms with Gasteiger partial charge in [-0.1, -0.05) is 0 Å². The van der Waals surface area contributed by atoms with Gasteiger partial charge in [-0.15, -0.1) is 0 Å². The fourth-order valence-corrected chi connectivity index (χ4v) is 1.86. The summed E-state index contributed by atoms with van der Waals surface area (Å²) in [6.45, 7) is 11.4. The van der Waals surface area contributed by atoms with Crippen molar-refractivity contribution >= 4 is 0 Å². The molecule has 0 radical (unpaired) electrons. The molecule has 84 valence electrons. The smallest absolute Gasteiger partial charge is 0.0603 e. The Morgan fingerprint density at radius 3 is 2.64 bits per heavy atom. The van der Waals surface area contributed by atoms with Gasteiger partial charge in [0.05, 0.1) is 5.60 Å². The average Bonchev–Trinajstić information content (AvgIpc) is 2.06. The first-order valence-electron chi connectivity index (χ1n) is 5.60. The van der Waals surface area contributed by atoms with Crippen LogP contribution in [0.4, 0.5) is 0 Å². The van der Waals surface area contributed by atoms with Gasteiger partial charge in [0.25, 0.3) is 0 Å². The monoisotopic (exact) mass is 200 g/mol. The van der Waals surface area contributed by atoms with E-state index in [9.17, 15) is 5.11 Å². The zero-order chi connectivity index (χ0) is 10.8. The molecule has 2 unspecified atom stereocenters. The number of aliphatic hydroxyl groups is 1. The van der Waals surface area contributed by atoms with Gasteiger partial charge in [-0.2, -0.15) is 0 Å². The lowest BCUT2D eigenvalue weighted by Crippen LogP contribution is -2.55. The molecule has 14 heavy (non-hydrogen) atoms. The van der Waals surface area contributed by atoms with Crippen molar-refractivity contribution in [1.82, 2.24) is 10.2 Å². The molecular formula is C11H24N2O. The van der Waals surface area contributed by atoms with Gasteiger partial charge in [-0.3, -0.25) is 4.90 Å². The third-order valence-corrected chi connectivity index (χ3v) is 3.18. The number of nitrogens with zero attached hydrogens (tertiary/aromatic N) is 1. The summed E-state index contributed by atoms with van der Waals surface area (Å²) in [5, 5.41) is 13.1. The van der Waals surface area contributed by atoms with Crippen LogP contribution < -0.4 is 5.32 Å². The van der Waals surface area contributed by atoms with Crippen molar-refractivity contribution < 1.29 is 5.11 Å². The highest BCUT2D eigenvalue weighted by atomic mass is 16.3. The predicted molar refractivity (Wildman–Crippen MR) is 59.4 cm³/mol. The van der Waals surface area contributed by atoms with Gasteiger partial charge in [-0.25, -0.2) is 0 Å². The number of nitrogens with one attached hydrogen (secondary N) is 1. The van der Waals surface area contributed by atoms with E-state index in [-0.39, 0.29) is 0 Å². The van der Waals surface area contributed by atoms with Crippen molar-refractivity contribution in [2.24, 2.45) is 0 Å². The molecule has 0 bridgehead atoms. The molecule has 3 nitrogen and oxygen atoms in total. The molecule has 0 aliphatic carbocycles. The van der Waals surface area contributed by atoms with E-state index in [1.165, 1.54) is 0 Å². The van der Waals surface area contributed by atoms with E-state index in [4.69, 9.17) is 0 Å². The molecular weight excluding hydrogens is 176 g/mol. The summed E-state index contributed by atoms with van der Waals surface area (Å²) < 4.78 is 0. The van der Waals surface area contributed by atoms with Crippen molar-refractivity contribution in [3.63, 3.8) is 0 Å². The van der Waals surface area contributed by atoms with Gasteiger partial charge in [-0.05, 0) is 34.1 Å². The zero-order valence-corrected chi connectivity index (χ0v) is 9.88. The first-order valence-corrected chi connectivity index (χ1v) is 5.60. The van der Waals surface area contributed by atoms with E-state index in [0.717, 1.165) is 26.1 Å². The molecule has 0 saturated carbocycles. The minimum absolute atomic E-state index is 0.534. The van der Waals surface area contributed by atoms with Crippen LogP contribution in [-0.4, -0.2) is 47.3 Å². The van der Waals surface area contributed by atoms with Crippen LogP contribution in [0.1, 0.15) is 34.1 Å². The van der Waals surface area contributed by atoms with Crippen molar-refractivity contribution in [1.29, 1.82) is 0 Å². The topological polar surface area (TPSA) is 35.5 Å². The Balaban J connectivity index is 2.36. The Kier molecular flexibility index (Phi) is 3.93. The van der Waals surface area contributed by atoms with Gasteiger partial charge in [0.15, 0.2) is 0 Å². The highest BCUT2D eigenvalue weighted by Gasteiger charge is 2.25. The SMILES string of the molecule is CC1NCCN(CCC(C)(C)O)C1C. The molecule has 1 heterocycles. The van der Waals surface area contributed by atoms with Crippen molar-refractivity contribution in [3.05, 3.63) is 0 Å². The minimum atomic E-state index is -0.534. The quantitative estimate of drug-likeness (QED) is 0.708. The van der Waals surface area contributed by atoms with E-state index < -0.39 is 5.60 Å². The van der Waals surface area contributed by atoms with E-state index >= 15 is 0 Å². The fraction of sp³-hybridized carbons (Fsp3) is 1.00. The first kappa shape index (κ1) is 12.0. The minimum Gasteiger partial charge on any atom is -0.390 e. The van der Waals surface area contributed by atoms with E-state index in [1.807, 2.05) is 13.8 Å². The summed E-state index contributed by atoms with van der Waals surface area (Å²) in [7, 11) is 0. The predicted octanol–water partition coefficient (Wildman–Crippen LogP) is 0.830. The fourth-order valence-electron chi connectivity index (χ4n) is 1.86. The second-order valence-electron chi connectivity index (χ2n) is 5.08. The van der Waals surface area contributed by atoms with Gasteiger partial charge in [0.1, 0.15) is 0 Å². The van der Waals surface area contributed by atoms with Crippen LogP contribution in [-0.2, 0) is 0 Å². The maximum Gasteiger partial charge on any atom is 0.0603 e. The van der Waals surface area contributed by atoms with Crippen LogP contribution in [0.15, 0.2) is 0 Å². The third kappa shape index (κ3) is 3.56. The molecule has 1 saturated heterocycles. The molecule has 0 aromatic carbocycles. The second-order valence-corrected chi connectivity index (χ2v) is 5.08. The van der Waals surface area contributed by atoms with Crippen molar-refractivity contribution in [2.45, 2.75) is 51.8 Å². The van der Waals surface area contributed by atoms with E-state index in [2.05, 4.69) is 24.1 Å². The number of piperazine rings is 1. The standard InChI is InChI=1S/C11H24N2O/c1-9-10(2)13(8-6-12-9)7-5-11(3,4)14/h9-10,12,14H,5-8H2,1-4H3. The molecule has 0 aromatic heterocycles. The molecule has 2 N–H and O–H groups in total.